The molecule has 2 aromatic heterocycles. The Morgan fingerprint density at radius 3 is 2.36 bits per heavy atom. The number of anilines is 1. The molecule has 4 rings (SSSR count). The molecule has 3 N–H and O–H groups in total. The molecule has 1 amide bonds. The summed E-state index contributed by atoms with van der Waals surface area (Å²) in [4.78, 5) is 11.7. The van der Waals surface area contributed by atoms with Crippen molar-refractivity contribution in [1.82, 2.24) is 9.99 Å². The molecule has 170 valence electrons. The van der Waals surface area contributed by atoms with Crippen molar-refractivity contribution in [2.24, 2.45) is 12.1 Å². The maximum absolute atomic E-state index is 11.9. The van der Waals surface area contributed by atoms with Crippen LogP contribution in [0.5, 0.6) is 0 Å². The van der Waals surface area contributed by atoms with Gasteiger partial charge in [0.25, 0.3) is 11.6 Å². The maximum atomic E-state index is 11.9. The van der Waals surface area contributed by atoms with Crippen molar-refractivity contribution in [3.8, 4) is 0 Å². The first-order chi connectivity index (χ1) is 15.6. The number of carbonyl (C=O) groups is 1. The number of nitrogens with one attached hydrogen (secondary N) is 1. The van der Waals surface area contributed by atoms with E-state index >= 15 is 0 Å². The highest BCUT2D eigenvalue weighted by Crippen LogP contribution is 2.08. The van der Waals surface area contributed by atoms with E-state index < -0.39 is 10.1 Å². The number of hydrogen-bond acceptors (Lipinski definition) is 6. The van der Waals surface area contributed by atoms with Gasteiger partial charge in [0, 0.05) is 17.3 Å². The lowest BCUT2D eigenvalue weighted by Crippen LogP contribution is -2.17. The highest BCUT2D eigenvalue weighted by molar-refractivity contribution is 7.85. The Morgan fingerprint density at radius 2 is 1.76 bits per heavy atom. The van der Waals surface area contributed by atoms with Gasteiger partial charge in [0.05, 0.1) is 24.4 Å². The molecule has 0 radical (unpaired) electrons. The number of rotatable bonds is 4. The van der Waals surface area contributed by atoms with Crippen molar-refractivity contribution in [3.05, 3.63) is 95.9 Å². The van der Waals surface area contributed by atoms with Gasteiger partial charge in [-0.2, -0.15) is 5.10 Å². The maximum Gasteiger partial charge on any atom is 0.286 e. The number of hydrogen-bond donors (Lipinski definition) is 2. The van der Waals surface area contributed by atoms with Crippen LogP contribution in [-0.4, -0.2) is 29.7 Å². The molecule has 0 aliphatic heterocycles. The topological polar surface area (TPSA) is 134 Å². The smallest absolute Gasteiger partial charge is 0.286 e. The van der Waals surface area contributed by atoms with E-state index in [0.29, 0.717) is 11.3 Å². The van der Waals surface area contributed by atoms with Crippen LogP contribution < -0.4 is 15.6 Å². The van der Waals surface area contributed by atoms with Crippen molar-refractivity contribution < 1.29 is 22.2 Å². The van der Waals surface area contributed by atoms with Gasteiger partial charge >= 0.3 is 0 Å². The van der Waals surface area contributed by atoms with Crippen LogP contribution in [0.4, 0.5) is 5.69 Å². The van der Waals surface area contributed by atoms with Gasteiger partial charge in [-0.15, -0.1) is 0 Å². The summed E-state index contributed by atoms with van der Waals surface area (Å²) in [6.45, 7) is 1.82. The second kappa shape index (κ2) is 10.1. The van der Waals surface area contributed by atoms with Gasteiger partial charge in [-0.3, -0.25) is 4.79 Å². The van der Waals surface area contributed by atoms with Crippen LogP contribution in [0.15, 0.2) is 89.1 Å². The SMILES string of the molecule is Cc1ccc(S(=O)(=O)[O-])cc1.Cn1c(/C=N/NC(=O)c2ccc(N)cc2)c[n+]2ccccc12. The molecular formula is C23H23N5O4S. The molecular weight excluding hydrogens is 442 g/mol. The van der Waals surface area contributed by atoms with Crippen LogP contribution in [0.3, 0.4) is 0 Å². The van der Waals surface area contributed by atoms with Crippen LogP contribution in [0.25, 0.3) is 5.65 Å². The molecule has 4 aromatic rings. The Balaban J connectivity index is 0.000000235. The Kier molecular flexibility index (Phi) is 7.21. The zero-order valence-electron chi connectivity index (χ0n) is 18.0. The molecule has 0 aliphatic rings. The summed E-state index contributed by atoms with van der Waals surface area (Å²) in [6.07, 6.45) is 5.51. The minimum absolute atomic E-state index is 0.178. The van der Waals surface area contributed by atoms with E-state index in [0.717, 1.165) is 16.9 Å². The van der Waals surface area contributed by atoms with E-state index in [1.165, 1.54) is 12.1 Å². The number of nitrogen functional groups attached to an aromatic ring is 1. The highest BCUT2D eigenvalue weighted by Gasteiger charge is 2.11. The largest absolute Gasteiger partial charge is 0.744 e. The molecule has 0 bridgehead atoms. The van der Waals surface area contributed by atoms with Crippen molar-refractivity contribution >= 4 is 33.6 Å². The van der Waals surface area contributed by atoms with Crippen molar-refractivity contribution in [3.63, 3.8) is 0 Å². The molecule has 0 atom stereocenters. The third kappa shape index (κ3) is 6.25. The summed E-state index contributed by atoms with van der Waals surface area (Å²) in [5.74, 6) is -0.275. The van der Waals surface area contributed by atoms with Gasteiger partial charge in [0.1, 0.15) is 16.3 Å². The Bertz CT molecular complexity index is 1390. The number of benzene rings is 2. The van der Waals surface area contributed by atoms with Crippen LogP contribution >= 0.6 is 0 Å². The monoisotopic (exact) mass is 465 g/mol. The lowest BCUT2D eigenvalue weighted by Gasteiger charge is -2.05. The Hall–Kier alpha value is -4.02. The van der Waals surface area contributed by atoms with Gasteiger partial charge in [0.15, 0.2) is 5.69 Å². The summed E-state index contributed by atoms with van der Waals surface area (Å²) < 4.78 is 35.1. The summed E-state index contributed by atoms with van der Waals surface area (Å²) in [6, 6.07) is 18.4. The average molecular weight is 466 g/mol. The molecule has 0 unspecified atom stereocenters. The van der Waals surface area contributed by atoms with Gasteiger partial charge in [-0.25, -0.2) is 22.8 Å². The lowest BCUT2D eigenvalue weighted by atomic mass is 10.2. The lowest BCUT2D eigenvalue weighted by molar-refractivity contribution is -0.510. The van der Waals surface area contributed by atoms with Gasteiger partial charge in [0.2, 0.25) is 0 Å². The van der Waals surface area contributed by atoms with Crippen molar-refractivity contribution in [1.29, 1.82) is 0 Å². The molecule has 2 heterocycles. The van der Waals surface area contributed by atoms with Crippen LogP contribution in [0.2, 0.25) is 0 Å². The fourth-order valence-corrected chi connectivity index (χ4v) is 3.35. The number of fused-ring (bicyclic) bond motifs is 1. The average Bonchev–Trinajstić information content (AvgIpc) is 3.10. The molecule has 0 saturated carbocycles. The fraction of sp³-hybridized carbons (Fsp3) is 0.0870. The summed E-state index contributed by atoms with van der Waals surface area (Å²) >= 11 is 0. The molecule has 0 fully saturated rings. The first kappa shape index (κ1) is 23.6. The molecule has 0 spiro atoms. The molecule has 33 heavy (non-hydrogen) atoms. The van der Waals surface area contributed by atoms with E-state index in [1.807, 2.05) is 53.5 Å². The molecule has 9 nitrogen and oxygen atoms in total. The van der Waals surface area contributed by atoms with Crippen molar-refractivity contribution in [2.45, 2.75) is 11.8 Å². The number of nitrogens with two attached hydrogens (primary N) is 1. The molecule has 10 heteroatoms. The van der Waals surface area contributed by atoms with Crippen LogP contribution in [0, 0.1) is 6.92 Å². The normalized spacial score (nSPS) is 11.2. The number of pyridine rings is 1. The number of nitrogens with zero attached hydrogens (tertiary/aromatic N) is 3. The third-order valence-corrected chi connectivity index (χ3v) is 5.56. The molecule has 0 aliphatic carbocycles. The van der Waals surface area contributed by atoms with Gasteiger partial charge in [-0.05, 0) is 49.4 Å². The zero-order valence-corrected chi connectivity index (χ0v) is 18.9. The number of hydrazone groups is 1. The van der Waals surface area contributed by atoms with Crippen LogP contribution in [-0.2, 0) is 17.2 Å². The first-order valence-corrected chi connectivity index (χ1v) is 11.2. The molecule has 2 aromatic carbocycles. The standard InChI is InChI=1S/C16H15N5O.C7H8O3S/c1-20-14(11-21-9-3-2-4-15(20)21)10-18-19-16(22)12-5-7-13(17)8-6-12;1-6-2-4-7(5-3-6)11(8,9)10/h2-11H,1H3,(H2-,17,19,22);2-5H,1H3,(H,8,9,10)/b18-10+;. The Morgan fingerprint density at radius 1 is 1.09 bits per heavy atom. The fourth-order valence-electron chi connectivity index (χ4n) is 2.88. The van der Waals surface area contributed by atoms with E-state index in [9.17, 15) is 17.8 Å². The summed E-state index contributed by atoms with van der Waals surface area (Å²) in [5, 5.41) is 4.01. The number of aromatic nitrogens is 2. The summed E-state index contributed by atoms with van der Waals surface area (Å²) in [5.41, 5.74) is 12.1. The highest BCUT2D eigenvalue weighted by atomic mass is 32.2. The quantitative estimate of drug-likeness (QED) is 0.156. The van der Waals surface area contributed by atoms with E-state index in [4.69, 9.17) is 5.73 Å². The summed E-state index contributed by atoms with van der Waals surface area (Å²) in [7, 11) is -2.33. The number of amides is 1. The number of carbonyl (C=O) groups excluding carboxylic acids is 1. The minimum atomic E-state index is -4.27. The minimum Gasteiger partial charge on any atom is -0.744 e. The second-order valence-electron chi connectivity index (χ2n) is 7.17. The van der Waals surface area contributed by atoms with Crippen LogP contribution in [0.1, 0.15) is 21.6 Å². The van der Waals surface area contributed by atoms with Gasteiger partial charge in [-0.1, -0.05) is 23.8 Å². The van der Waals surface area contributed by atoms with E-state index in [1.54, 1.807) is 42.6 Å². The van der Waals surface area contributed by atoms with Gasteiger partial charge < -0.3 is 10.3 Å². The molecule has 0 saturated heterocycles. The Labute approximate surface area is 191 Å². The van der Waals surface area contributed by atoms with E-state index in [-0.39, 0.29) is 10.8 Å². The first-order valence-electron chi connectivity index (χ1n) is 9.82. The van der Waals surface area contributed by atoms with Crippen molar-refractivity contribution in [2.75, 3.05) is 5.73 Å². The predicted octanol–water partition coefficient (Wildman–Crippen LogP) is 2.01. The number of imidazole rings is 1. The predicted molar refractivity (Wildman–Crippen MR) is 124 cm³/mol. The van der Waals surface area contributed by atoms with E-state index in [2.05, 4.69) is 10.5 Å². The second-order valence-corrected chi connectivity index (χ2v) is 8.55. The number of aryl methyl sites for hydroxylation is 2. The zero-order chi connectivity index (χ0) is 24.0. The third-order valence-electron chi connectivity index (χ3n) is 4.72.